The van der Waals surface area contributed by atoms with E-state index in [1.54, 1.807) is 0 Å². The first kappa shape index (κ1) is 18.7. The predicted octanol–water partition coefficient (Wildman–Crippen LogP) is 4.27. The number of likely N-dealkylation sites (tertiary alicyclic amines) is 1. The van der Waals surface area contributed by atoms with Crippen LogP contribution < -0.4 is 5.32 Å². The summed E-state index contributed by atoms with van der Waals surface area (Å²) in [6.07, 6.45) is 1.50. The molecular formula is C22H22BrN3O2. The minimum atomic E-state index is -0.0405. The quantitative estimate of drug-likeness (QED) is 0.639. The van der Waals surface area contributed by atoms with Crippen molar-refractivity contribution in [3.8, 4) is 0 Å². The Morgan fingerprint density at radius 1 is 1.07 bits per heavy atom. The number of para-hydroxylation sites is 1. The molecule has 1 aliphatic rings. The zero-order valence-corrected chi connectivity index (χ0v) is 17.3. The molecule has 3 aromatic rings. The second-order valence-corrected chi connectivity index (χ2v) is 8.01. The first-order valence-electron chi connectivity index (χ1n) is 9.46. The summed E-state index contributed by atoms with van der Waals surface area (Å²) in [5, 5.41) is 4.12. The molecule has 28 heavy (non-hydrogen) atoms. The number of aromatic nitrogens is 1. The molecule has 0 atom stereocenters. The highest BCUT2D eigenvalue weighted by Gasteiger charge is 2.27. The third-order valence-electron chi connectivity index (χ3n) is 5.36. The van der Waals surface area contributed by atoms with E-state index in [1.165, 1.54) is 0 Å². The van der Waals surface area contributed by atoms with Crippen molar-refractivity contribution in [3.05, 3.63) is 69.8 Å². The Morgan fingerprint density at radius 2 is 1.75 bits per heavy atom. The van der Waals surface area contributed by atoms with Gasteiger partial charge in [-0.1, -0.05) is 36.4 Å². The number of aryl methyl sites for hydroxylation is 1. The van der Waals surface area contributed by atoms with Crippen LogP contribution in [-0.2, 0) is 0 Å². The molecule has 1 aromatic heterocycles. The van der Waals surface area contributed by atoms with Gasteiger partial charge >= 0.3 is 0 Å². The van der Waals surface area contributed by atoms with Crippen molar-refractivity contribution in [2.45, 2.75) is 25.8 Å². The van der Waals surface area contributed by atoms with E-state index in [4.69, 9.17) is 0 Å². The van der Waals surface area contributed by atoms with Crippen LogP contribution in [-0.4, -0.2) is 40.8 Å². The lowest BCUT2D eigenvalue weighted by Crippen LogP contribution is -2.46. The van der Waals surface area contributed by atoms with Crippen molar-refractivity contribution < 1.29 is 9.59 Å². The maximum Gasteiger partial charge on any atom is 0.271 e. The van der Waals surface area contributed by atoms with Gasteiger partial charge < -0.3 is 15.2 Å². The number of piperidine rings is 1. The number of halogens is 1. The number of nitrogens with one attached hydrogen (secondary N) is 2. The highest BCUT2D eigenvalue weighted by atomic mass is 79.9. The first-order chi connectivity index (χ1) is 13.5. The van der Waals surface area contributed by atoms with E-state index in [1.807, 2.05) is 60.4 Å². The fraction of sp³-hybridized carbons (Fsp3) is 0.273. The van der Waals surface area contributed by atoms with E-state index in [0.717, 1.165) is 33.8 Å². The van der Waals surface area contributed by atoms with Crippen LogP contribution in [0.3, 0.4) is 0 Å². The van der Waals surface area contributed by atoms with Gasteiger partial charge in [0, 0.05) is 35.6 Å². The number of H-pyrrole nitrogens is 1. The van der Waals surface area contributed by atoms with Crippen LogP contribution in [0.15, 0.2) is 53.0 Å². The Morgan fingerprint density at radius 3 is 2.46 bits per heavy atom. The average molecular weight is 440 g/mol. The summed E-state index contributed by atoms with van der Waals surface area (Å²) in [6.45, 7) is 3.19. The van der Waals surface area contributed by atoms with Crippen molar-refractivity contribution in [1.29, 1.82) is 0 Å². The minimum Gasteiger partial charge on any atom is -0.350 e. The fourth-order valence-corrected chi connectivity index (χ4v) is 4.35. The van der Waals surface area contributed by atoms with Crippen molar-refractivity contribution >= 4 is 38.6 Å². The Kier molecular flexibility index (Phi) is 5.22. The molecule has 0 aliphatic carbocycles. The average Bonchev–Trinajstić information content (AvgIpc) is 3.05. The lowest BCUT2D eigenvalue weighted by Gasteiger charge is -2.32. The third kappa shape index (κ3) is 3.56. The molecule has 2 heterocycles. The van der Waals surface area contributed by atoms with Crippen LogP contribution in [0.4, 0.5) is 0 Å². The summed E-state index contributed by atoms with van der Waals surface area (Å²) >= 11 is 3.56. The molecule has 0 radical (unpaired) electrons. The maximum atomic E-state index is 13.0. The summed E-state index contributed by atoms with van der Waals surface area (Å²) < 4.78 is 0.808. The molecule has 6 heteroatoms. The van der Waals surface area contributed by atoms with Crippen LogP contribution >= 0.6 is 15.9 Å². The van der Waals surface area contributed by atoms with Crippen LogP contribution in [0.1, 0.15) is 39.3 Å². The molecule has 4 rings (SSSR count). The predicted molar refractivity (Wildman–Crippen MR) is 114 cm³/mol. The number of fused-ring (bicyclic) bond motifs is 1. The lowest BCUT2D eigenvalue weighted by atomic mass is 10.0. The second kappa shape index (κ2) is 7.80. The number of benzene rings is 2. The van der Waals surface area contributed by atoms with E-state index in [-0.39, 0.29) is 17.9 Å². The monoisotopic (exact) mass is 439 g/mol. The van der Waals surface area contributed by atoms with Gasteiger partial charge in [-0.3, -0.25) is 9.59 Å². The van der Waals surface area contributed by atoms with Crippen molar-refractivity contribution in [3.63, 3.8) is 0 Å². The number of hydrogen-bond donors (Lipinski definition) is 2. The molecule has 2 N–H and O–H groups in total. The molecule has 0 unspecified atom stereocenters. The molecule has 2 amide bonds. The van der Waals surface area contributed by atoms with E-state index in [0.29, 0.717) is 24.3 Å². The molecule has 1 fully saturated rings. The van der Waals surface area contributed by atoms with Crippen molar-refractivity contribution in [2.75, 3.05) is 13.1 Å². The number of amides is 2. The molecule has 1 saturated heterocycles. The SMILES string of the molecule is Cc1ccccc1C(=O)NC1CCN(C(=O)c2[nH]c3ccccc3c2Br)CC1. The van der Waals surface area contributed by atoms with Crippen LogP contribution in [0, 0.1) is 6.92 Å². The summed E-state index contributed by atoms with van der Waals surface area (Å²) in [4.78, 5) is 30.6. The number of hydrogen-bond acceptors (Lipinski definition) is 2. The largest absolute Gasteiger partial charge is 0.350 e. The molecule has 1 aliphatic heterocycles. The van der Waals surface area contributed by atoms with Gasteiger partial charge in [-0.2, -0.15) is 0 Å². The van der Waals surface area contributed by atoms with Gasteiger partial charge in [0.1, 0.15) is 5.69 Å². The maximum absolute atomic E-state index is 13.0. The van der Waals surface area contributed by atoms with Crippen LogP contribution in [0.2, 0.25) is 0 Å². The molecule has 0 bridgehead atoms. The smallest absolute Gasteiger partial charge is 0.271 e. The molecule has 0 saturated carbocycles. The second-order valence-electron chi connectivity index (χ2n) is 7.21. The number of nitrogens with zero attached hydrogens (tertiary/aromatic N) is 1. The highest BCUT2D eigenvalue weighted by molar-refractivity contribution is 9.10. The molecule has 2 aromatic carbocycles. The lowest BCUT2D eigenvalue weighted by molar-refractivity contribution is 0.0692. The number of aromatic amines is 1. The van der Waals surface area contributed by atoms with E-state index in [9.17, 15) is 9.59 Å². The number of rotatable bonds is 3. The summed E-state index contributed by atoms with van der Waals surface area (Å²) in [5.41, 5.74) is 3.21. The van der Waals surface area contributed by atoms with Gasteiger partial charge in [-0.25, -0.2) is 0 Å². The van der Waals surface area contributed by atoms with Gasteiger partial charge in [-0.05, 0) is 53.4 Å². The van der Waals surface area contributed by atoms with Crippen molar-refractivity contribution in [1.82, 2.24) is 15.2 Å². The van der Waals surface area contributed by atoms with E-state index < -0.39 is 0 Å². The standard InChI is InChI=1S/C22H22BrN3O2/c1-14-6-2-3-7-16(14)21(27)24-15-10-12-26(13-11-15)22(28)20-19(23)17-8-4-5-9-18(17)25-20/h2-9,15,25H,10-13H2,1H3,(H,24,27). The normalized spacial score (nSPS) is 15.0. The van der Waals surface area contributed by atoms with Gasteiger partial charge in [0.05, 0.1) is 4.47 Å². The van der Waals surface area contributed by atoms with Crippen LogP contribution in [0.25, 0.3) is 10.9 Å². The molecule has 5 nitrogen and oxygen atoms in total. The van der Waals surface area contributed by atoms with E-state index in [2.05, 4.69) is 26.2 Å². The summed E-state index contributed by atoms with van der Waals surface area (Å²) in [5.74, 6) is -0.0482. The Bertz CT molecular complexity index is 1040. The van der Waals surface area contributed by atoms with Gasteiger partial charge in [0.2, 0.25) is 0 Å². The topological polar surface area (TPSA) is 65.2 Å². The highest BCUT2D eigenvalue weighted by Crippen LogP contribution is 2.29. The zero-order valence-electron chi connectivity index (χ0n) is 15.7. The third-order valence-corrected chi connectivity index (χ3v) is 6.19. The summed E-state index contributed by atoms with van der Waals surface area (Å²) in [6, 6.07) is 15.5. The minimum absolute atomic E-state index is 0.00763. The first-order valence-corrected chi connectivity index (χ1v) is 10.3. The molecule has 0 spiro atoms. The molecular weight excluding hydrogens is 418 g/mol. The van der Waals surface area contributed by atoms with Crippen molar-refractivity contribution in [2.24, 2.45) is 0 Å². The summed E-state index contributed by atoms with van der Waals surface area (Å²) in [7, 11) is 0. The fourth-order valence-electron chi connectivity index (χ4n) is 3.73. The van der Waals surface area contributed by atoms with Crippen LogP contribution in [0.5, 0.6) is 0 Å². The van der Waals surface area contributed by atoms with Gasteiger partial charge in [-0.15, -0.1) is 0 Å². The Balaban J connectivity index is 1.40. The van der Waals surface area contributed by atoms with Gasteiger partial charge in [0.15, 0.2) is 0 Å². The van der Waals surface area contributed by atoms with E-state index >= 15 is 0 Å². The van der Waals surface area contributed by atoms with Gasteiger partial charge in [0.25, 0.3) is 11.8 Å². The number of carbonyl (C=O) groups is 2. The Labute approximate surface area is 172 Å². The Hall–Kier alpha value is -2.60. The number of carbonyl (C=O) groups excluding carboxylic acids is 2. The zero-order chi connectivity index (χ0) is 19.7. The molecule has 144 valence electrons.